The molecule has 3 heteroatoms. The first-order chi connectivity index (χ1) is 25.5. The molecule has 7 aromatic rings. The van der Waals surface area contributed by atoms with E-state index in [0.29, 0.717) is 0 Å². The summed E-state index contributed by atoms with van der Waals surface area (Å²) < 4.78 is 13.5. The van der Waals surface area contributed by atoms with Gasteiger partial charge in [-0.25, -0.2) is 0 Å². The van der Waals surface area contributed by atoms with Crippen LogP contribution in [0.2, 0.25) is 0 Å². The molecule has 0 saturated heterocycles. The normalized spacial score (nSPS) is 19.6. The summed E-state index contributed by atoms with van der Waals surface area (Å²) in [5.41, 5.74) is 13.3. The van der Waals surface area contributed by atoms with E-state index in [0.717, 1.165) is 29.1 Å². The highest BCUT2D eigenvalue weighted by molar-refractivity contribution is 5.91. The first kappa shape index (κ1) is 29.6. The minimum atomic E-state index is -0.125. The molecule has 3 aliphatic carbocycles. The highest BCUT2D eigenvalue weighted by Gasteiger charge is 2.40. The Morgan fingerprint density at radius 1 is 0.673 bits per heavy atom. The molecule has 52 heavy (non-hydrogen) atoms. The maximum Gasteiger partial charge on any atom is 0.134 e. The Morgan fingerprint density at radius 2 is 1.42 bits per heavy atom. The van der Waals surface area contributed by atoms with Gasteiger partial charge in [-0.15, -0.1) is 0 Å². The minimum absolute atomic E-state index is 0.00651. The minimum Gasteiger partial charge on any atom is -0.485 e. The fourth-order valence-electron chi connectivity index (χ4n) is 9.37. The average molecular weight is 672 g/mol. The second-order valence-corrected chi connectivity index (χ2v) is 15.2. The maximum atomic E-state index is 6.94. The van der Waals surface area contributed by atoms with Gasteiger partial charge in [0.2, 0.25) is 0 Å². The lowest BCUT2D eigenvalue weighted by atomic mass is 9.82. The fraction of sp³-hybridized carbons (Fsp3) is 0.143. The van der Waals surface area contributed by atoms with Gasteiger partial charge >= 0.3 is 0 Å². The summed E-state index contributed by atoms with van der Waals surface area (Å²) in [5, 5.41) is 3.66. The first-order valence-electron chi connectivity index (χ1n) is 18.4. The van der Waals surface area contributed by atoms with Crippen LogP contribution in [0, 0.1) is 0 Å². The van der Waals surface area contributed by atoms with Crippen molar-refractivity contribution in [2.24, 2.45) is 0 Å². The Bertz CT molecular complexity index is 2750. The molecule has 11 rings (SSSR count). The molecular formula is C49H37NO2. The van der Waals surface area contributed by atoms with Gasteiger partial charge in [-0.3, -0.25) is 0 Å². The van der Waals surface area contributed by atoms with Crippen molar-refractivity contribution >= 4 is 40.6 Å². The van der Waals surface area contributed by atoms with E-state index in [9.17, 15) is 0 Å². The van der Waals surface area contributed by atoms with Gasteiger partial charge in [-0.2, -0.15) is 0 Å². The number of furan rings is 1. The number of hydrogen-bond donors (Lipinski definition) is 0. The summed E-state index contributed by atoms with van der Waals surface area (Å²) >= 11 is 0. The molecular weight excluding hydrogens is 635 g/mol. The molecule has 6 aromatic carbocycles. The second kappa shape index (κ2) is 11.0. The van der Waals surface area contributed by atoms with Crippen molar-refractivity contribution in [3.63, 3.8) is 0 Å². The monoisotopic (exact) mass is 671 g/mol. The van der Waals surface area contributed by atoms with Crippen molar-refractivity contribution in [2.75, 3.05) is 4.90 Å². The predicted molar refractivity (Wildman–Crippen MR) is 213 cm³/mol. The summed E-state index contributed by atoms with van der Waals surface area (Å²) in [4.78, 5) is 2.58. The van der Waals surface area contributed by atoms with Gasteiger partial charge in [0, 0.05) is 45.6 Å². The van der Waals surface area contributed by atoms with Crippen molar-refractivity contribution in [3.05, 3.63) is 178 Å². The molecule has 0 amide bonds. The van der Waals surface area contributed by atoms with Gasteiger partial charge in [-0.05, 0) is 80.2 Å². The zero-order valence-corrected chi connectivity index (χ0v) is 29.2. The molecule has 0 N–H and O–H groups in total. The van der Waals surface area contributed by atoms with Gasteiger partial charge in [0.25, 0.3) is 0 Å². The number of para-hydroxylation sites is 1. The molecule has 0 radical (unpaired) electrons. The summed E-state index contributed by atoms with van der Waals surface area (Å²) in [5.74, 6) is 2.07. The first-order valence-corrected chi connectivity index (χ1v) is 18.4. The van der Waals surface area contributed by atoms with E-state index in [1.807, 2.05) is 0 Å². The van der Waals surface area contributed by atoms with E-state index in [2.05, 4.69) is 177 Å². The van der Waals surface area contributed by atoms with Crippen molar-refractivity contribution in [2.45, 2.75) is 43.7 Å². The van der Waals surface area contributed by atoms with Gasteiger partial charge in [0.15, 0.2) is 0 Å². The van der Waals surface area contributed by atoms with Crippen molar-refractivity contribution in [3.8, 4) is 28.0 Å². The van der Waals surface area contributed by atoms with Gasteiger partial charge < -0.3 is 14.1 Å². The standard InChI is InChI=1S/C49H37NO2/c1-49(2)41-18-10-8-16-36(41)37-22-20-34(28-42(37)49)50(35-21-23-39-38-17-9-11-19-44(38)51-46(39)29-35)43-25-33(30-12-4-3-5-13-30)27-47-48(43)40-24-31-14-6-7-15-32(31)26-45(40)52-47/h3-28,35,40,45H,29H2,1-2H3. The van der Waals surface area contributed by atoms with Crippen molar-refractivity contribution in [1.29, 1.82) is 0 Å². The number of nitrogens with zero attached hydrogens (tertiary/aromatic N) is 1. The van der Waals surface area contributed by atoms with Crippen LogP contribution in [-0.4, -0.2) is 12.1 Å². The van der Waals surface area contributed by atoms with Crippen LogP contribution in [0.4, 0.5) is 11.4 Å². The van der Waals surface area contributed by atoms with Gasteiger partial charge in [0.1, 0.15) is 23.2 Å². The lowest BCUT2D eigenvalue weighted by Crippen LogP contribution is -2.35. The molecule has 0 spiro atoms. The maximum absolute atomic E-state index is 6.94. The Hall–Kier alpha value is -6.06. The van der Waals surface area contributed by atoms with Crippen LogP contribution in [0.1, 0.15) is 47.8 Å². The molecule has 3 unspecified atom stereocenters. The lowest BCUT2D eigenvalue weighted by molar-refractivity contribution is 0.288. The number of fused-ring (bicyclic) bond motifs is 10. The van der Waals surface area contributed by atoms with Gasteiger partial charge in [0.05, 0.1) is 6.04 Å². The van der Waals surface area contributed by atoms with Crippen LogP contribution in [0.5, 0.6) is 5.75 Å². The molecule has 0 saturated carbocycles. The lowest BCUT2D eigenvalue weighted by Gasteiger charge is -2.36. The largest absolute Gasteiger partial charge is 0.485 e. The SMILES string of the molecule is CC1(C)c2ccccc2-c2ccc(N(c3cc(-c4ccccc4)cc4c3C3C=c5ccccc5=CC3O4)C3C=Cc4c(oc5ccccc45)C3)cc21. The van der Waals surface area contributed by atoms with Gasteiger partial charge in [-0.1, -0.05) is 135 Å². The van der Waals surface area contributed by atoms with E-state index in [-0.39, 0.29) is 23.5 Å². The highest BCUT2D eigenvalue weighted by atomic mass is 16.5. The molecule has 0 fully saturated rings. The van der Waals surface area contributed by atoms with Crippen LogP contribution in [0.3, 0.4) is 0 Å². The summed E-state index contributed by atoms with van der Waals surface area (Å²) in [6, 6.07) is 48.5. The van der Waals surface area contributed by atoms with E-state index < -0.39 is 0 Å². The van der Waals surface area contributed by atoms with E-state index in [1.54, 1.807) is 0 Å². The quantitative estimate of drug-likeness (QED) is 0.186. The highest BCUT2D eigenvalue weighted by Crippen LogP contribution is 2.53. The molecule has 1 aromatic heterocycles. The van der Waals surface area contributed by atoms with Crippen molar-refractivity contribution in [1.82, 2.24) is 0 Å². The van der Waals surface area contributed by atoms with E-state index in [1.165, 1.54) is 66.1 Å². The van der Waals surface area contributed by atoms with Crippen LogP contribution in [0.15, 0.2) is 144 Å². The molecule has 3 atom stereocenters. The zero-order chi connectivity index (χ0) is 34.6. The number of ether oxygens (including phenoxy) is 1. The molecule has 0 bridgehead atoms. The molecule has 2 heterocycles. The summed E-state index contributed by atoms with van der Waals surface area (Å²) in [6.07, 6.45) is 10.1. The zero-order valence-electron chi connectivity index (χ0n) is 29.2. The van der Waals surface area contributed by atoms with Crippen LogP contribution >= 0.6 is 0 Å². The second-order valence-electron chi connectivity index (χ2n) is 15.2. The van der Waals surface area contributed by atoms with Crippen LogP contribution < -0.4 is 20.1 Å². The fourth-order valence-corrected chi connectivity index (χ4v) is 9.37. The van der Waals surface area contributed by atoms with E-state index in [4.69, 9.17) is 9.15 Å². The molecule has 1 aliphatic heterocycles. The van der Waals surface area contributed by atoms with Crippen LogP contribution in [0.25, 0.3) is 51.5 Å². The Kier molecular flexibility index (Phi) is 6.25. The predicted octanol–water partition coefficient (Wildman–Crippen LogP) is 10.3. The van der Waals surface area contributed by atoms with E-state index >= 15 is 0 Å². The number of anilines is 2. The molecule has 250 valence electrons. The summed E-state index contributed by atoms with van der Waals surface area (Å²) in [6.45, 7) is 4.73. The van der Waals surface area contributed by atoms with Crippen LogP contribution in [-0.2, 0) is 11.8 Å². The number of benzene rings is 6. The number of rotatable bonds is 4. The van der Waals surface area contributed by atoms with Crippen molar-refractivity contribution < 1.29 is 9.15 Å². The third kappa shape index (κ3) is 4.32. The number of hydrogen-bond acceptors (Lipinski definition) is 3. The third-order valence-electron chi connectivity index (χ3n) is 11.9. The Balaban J connectivity index is 1.15. The Labute approximate surface area is 303 Å². The molecule has 4 aliphatic rings. The Morgan fingerprint density at radius 3 is 2.31 bits per heavy atom. The summed E-state index contributed by atoms with van der Waals surface area (Å²) in [7, 11) is 0. The topological polar surface area (TPSA) is 25.6 Å². The molecule has 3 nitrogen and oxygen atoms in total. The third-order valence-corrected chi connectivity index (χ3v) is 11.9. The smallest absolute Gasteiger partial charge is 0.134 e. The average Bonchev–Trinajstić information content (AvgIpc) is 3.81.